The van der Waals surface area contributed by atoms with E-state index in [1.54, 1.807) is 35.6 Å². The van der Waals surface area contributed by atoms with Crippen molar-refractivity contribution in [3.05, 3.63) is 79.0 Å². The second-order valence-corrected chi connectivity index (χ2v) is 10.2. The molecular weight excluding hydrogens is 490 g/mol. The average molecular weight is 514 g/mol. The summed E-state index contributed by atoms with van der Waals surface area (Å²) in [6, 6.07) is 12.7. The Bertz CT molecular complexity index is 1470. The maximum Gasteiger partial charge on any atom is 0.354 e. The molecule has 2 aromatic heterocycles. The van der Waals surface area contributed by atoms with Crippen molar-refractivity contribution >= 4 is 44.8 Å². The first-order valence-corrected chi connectivity index (χ1v) is 12.5. The Balaban J connectivity index is 1.54. The van der Waals surface area contributed by atoms with Crippen molar-refractivity contribution in [2.75, 3.05) is 18.5 Å². The minimum atomic E-state index is -0.758. The number of nitrogens with one attached hydrogen (secondary N) is 1. The van der Waals surface area contributed by atoms with Gasteiger partial charge in [0.1, 0.15) is 0 Å². The van der Waals surface area contributed by atoms with E-state index in [1.807, 2.05) is 18.2 Å². The van der Waals surface area contributed by atoms with Gasteiger partial charge in [-0.15, -0.1) is 11.3 Å². The summed E-state index contributed by atoms with van der Waals surface area (Å²) in [5.74, 6) is 0.00529. The number of aliphatic hydroxyl groups excluding tert-OH is 2. The smallest absolute Gasteiger partial charge is 0.354 e. The molecule has 0 atom stereocenters. The molecule has 2 aromatic carbocycles. The van der Waals surface area contributed by atoms with Crippen LogP contribution >= 0.6 is 22.9 Å². The van der Waals surface area contributed by atoms with Crippen LogP contribution in [0.1, 0.15) is 29.3 Å². The summed E-state index contributed by atoms with van der Waals surface area (Å²) in [6.45, 7) is -0.729. The van der Waals surface area contributed by atoms with Gasteiger partial charge in [0.05, 0.1) is 21.8 Å². The van der Waals surface area contributed by atoms with Crippen LogP contribution in [0.25, 0.3) is 10.2 Å². The molecule has 0 bridgehead atoms. The van der Waals surface area contributed by atoms with Crippen molar-refractivity contribution in [1.29, 1.82) is 0 Å². The second kappa shape index (κ2) is 9.90. The molecule has 3 N–H and O–H groups in total. The predicted molar refractivity (Wildman–Crippen MR) is 136 cm³/mol. The van der Waals surface area contributed by atoms with E-state index in [4.69, 9.17) is 16.6 Å². The number of aliphatic hydroxyl groups is 2. The van der Waals surface area contributed by atoms with Gasteiger partial charge >= 0.3 is 11.4 Å². The number of hydrogen-bond donors (Lipinski definition) is 3. The highest BCUT2D eigenvalue weighted by Crippen LogP contribution is 2.43. The third-order valence-electron chi connectivity index (χ3n) is 5.95. The summed E-state index contributed by atoms with van der Waals surface area (Å²) >= 11 is 7.66. The molecule has 1 saturated carbocycles. The van der Waals surface area contributed by atoms with Crippen molar-refractivity contribution in [3.8, 4) is 0 Å². The number of fused-ring (bicyclic) bond motifs is 1. The second-order valence-electron chi connectivity index (χ2n) is 8.69. The molecule has 0 aliphatic heterocycles. The molecule has 0 spiro atoms. The summed E-state index contributed by atoms with van der Waals surface area (Å²) in [5.41, 5.74) is 1.04. The fourth-order valence-corrected chi connectivity index (χ4v) is 5.08. The maximum absolute atomic E-state index is 13.4. The van der Waals surface area contributed by atoms with Gasteiger partial charge in [0, 0.05) is 42.3 Å². The Kier molecular flexibility index (Phi) is 6.70. The predicted octanol–water partition coefficient (Wildman–Crippen LogP) is 2.94. The topological polar surface area (TPSA) is 122 Å². The maximum atomic E-state index is 13.4. The van der Waals surface area contributed by atoms with Crippen LogP contribution in [-0.2, 0) is 13.1 Å². The van der Waals surface area contributed by atoms with Crippen LogP contribution in [0.4, 0.5) is 11.6 Å². The number of nitrogens with zero attached hydrogens (tertiary/aromatic N) is 4. The molecule has 1 fully saturated rings. The lowest BCUT2D eigenvalue weighted by molar-refractivity contribution is 0.134. The van der Waals surface area contributed by atoms with Crippen molar-refractivity contribution in [3.63, 3.8) is 0 Å². The molecular formula is C24H24ClN5O4S. The molecule has 0 amide bonds. The highest BCUT2D eigenvalue weighted by atomic mass is 35.5. The molecule has 1 aliphatic carbocycles. The van der Waals surface area contributed by atoms with Crippen LogP contribution in [0.2, 0.25) is 5.02 Å². The molecule has 2 heterocycles. The number of hydrogen-bond acceptors (Lipinski definition) is 8. The molecule has 182 valence electrons. The monoisotopic (exact) mass is 513 g/mol. The Labute approximate surface area is 209 Å². The van der Waals surface area contributed by atoms with E-state index in [9.17, 15) is 19.8 Å². The van der Waals surface area contributed by atoms with Crippen molar-refractivity contribution < 1.29 is 10.2 Å². The molecule has 1 aliphatic rings. The molecule has 0 radical (unpaired) electrons. The standard InChI is InChI=1S/C24H24ClN5O4S/c25-17-5-1-14(2-6-17)10-29-22(28-23(33)30(24(29)34)11-15(12-31)13-32)26-18-7-8-19-20(9-18)35-21(27-19)16-3-4-16/h1-2,5-9,15-16,31-32H,3-4,10-13H2,(H,26,28,33). The van der Waals surface area contributed by atoms with Crippen LogP contribution in [0.15, 0.2) is 52.1 Å². The van der Waals surface area contributed by atoms with E-state index >= 15 is 0 Å². The van der Waals surface area contributed by atoms with Gasteiger partial charge in [0.2, 0.25) is 5.95 Å². The zero-order valence-electron chi connectivity index (χ0n) is 18.7. The van der Waals surface area contributed by atoms with E-state index in [-0.39, 0.29) is 32.3 Å². The first-order chi connectivity index (χ1) is 16.9. The van der Waals surface area contributed by atoms with Gasteiger partial charge in [-0.3, -0.25) is 4.57 Å². The summed E-state index contributed by atoms with van der Waals surface area (Å²) < 4.78 is 3.32. The largest absolute Gasteiger partial charge is 0.396 e. The molecule has 0 unspecified atom stereocenters. The quantitative estimate of drug-likeness (QED) is 0.314. The van der Waals surface area contributed by atoms with Gasteiger partial charge in [0.15, 0.2) is 0 Å². The van der Waals surface area contributed by atoms with Gasteiger partial charge in [-0.05, 0) is 48.7 Å². The Morgan fingerprint density at radius 1 is 1.06 bits per heavy atom. The zero-order chi connectivity index (χ0) is 24.5. The van der Waals surface area contributed by atoms with Gasteiger partial charge in [-0.25, -0.2) is 19.1 Å². The van der Waals surface area contributed by atoms with Gasteiger partial charge < -0.3 is 15.5 Å². The van der Waals surface area contributed by atoms with Crippen molar-refractivity contribution in [2.24, 2.45) is 5.92 Å². The highest BCUT2D eigenvalue weighted by molar-refractivity contribution is 7.18. The van der Waals surface area contributed by atoms with E-state index in [1.165, 1.54) is 17.4 Å². The molecule has 9 nitrogen and oxygen atoms in total. The molecule has 5 rings (SSSR count). The summed E-state index contributed by atoms with van der Waals surface area (Å²) in [5, 5.41) is 23.7. The minimum absolute atomic E-state index is 0.0991. The normalized spacial score (nSPS) is 13.6. The number of aromatic nitrogens is 4. The molecule has 11 heteroatoms. The molecule has 0 saturated heterocycles. The lowest BCUT2D eigenvalue weighted by atomic mass is 10.2. The van der Waals surface area contributed by atoms with E-state index < -0.39 is 17.3 Å². The number of benzene rings is 2. The third-order valence-corrected chi connectivity index (χ3v) is 7.38. The van der Waals surface area contributed by atoms with Crippen molar-refractivity contribution in [2.45, 2.75) is 31.8 Å². The van der Waals surface area contributed by atoms with Crippen LogP contribution in [0, 0.1) is 5.92 Å². The Morgan fingerprint density at radius 2 is 1.80 bits per heavy atom. The van der Waals surface area contributed by atoms with Crippen LogP contribution in [0.3, 0.4) is 0 Å². The lowest BCUT2D eigenvalue weighted by Gasteiger charge is -2.17. The average Bonchev–Trinajstić information content (AvgIpc) is 3.62. The van der Waals surface area contributed by atoms with Crippen LogP contribution in [0.5, 0.6) is 0 Å². The van der Waals surface area contributed by atoms with E-state index in [2.05, 4.69) is 10.3 Å². The Hall–Kier alpha value is -3.05. The first-order valence-electron chi connectivity index (χ1n) is 11.3. The fraction of sp³-hybridized carbons (Fsp3) is 0.333. The number of rotatable bonds is 9. The van der Waals surface area contributed by atoms with Crippen LogP contribution in [-0.4, -0.2) is 42.5 Å². The Morgan fingerprint density at radius 3 is 2.49 bits per heavy atom. The fourth-order valence-electron chi connectivity index (χ4n) is 3.78. The lowest BCUT2D eigenvalue weighted by Crippen LogP contribution is -2.44. The zero-order valence-corrected chi connectivity index (χ0v) is 20.3. The van der Waals surface area contributed by atoms with Gasteiger partial charge in [-0.1, -0.05) is 23.7 Å². The number of thiazole rings is 1. The summed E-state index contributed by atoms with van der Waals surface area (Å²) in [7, 11) is 0. The first kappa shape index (κ1) is 23.7. The SMILES string of the molecule is O=c1nc(Nc2ccc3nc(C4CC4)sc3c2)n(Cc2ccc(Cl)cc2)c(=O)n1CC(CO)CO. The van der Waals surface area contributed by atoms with Crippen molar-refractivity contribution in [1.82, 2.24) is 19.1 Å². The molecule has 4 aromatic rings. The highest BCUT2D eigenvalue weighted by Gasteiger charge is 2.27. The summed E-state index contributed by atoms with van der Waals surface area (Å²) in [6.07, 6.45) is 2.35. The minimum Gasteiger partial charge on any atom is -0.396 e. The van der Waals surface area contributed by atoms with E-state index in [0.29, 0.717) is 16.6 Å². The number of halogens is 1. The number of anilines is 2. The van der Waals surface area contributed by atoms with Crippen LogP contribution < -0.4 is 16.7 Å². The van der Waals surface area contributed by atoms with E-state index in [0.717, 1.165) is 25.4 Å². The van der Waals surface area contributed by atoms with Gasteiger partial charge in [-0.2, -0.15) is 4.98 Å². The summed E-state index contributed by atoms with van der Waals surface area (Å²) in [4.78, 5) is 35.0. The van der Waals surface area contributed by atoms with Gasteiger partial charge in [0.25, 0.3) is 0 Å². The third kappa shape index (κ3) is 5.15. The molecule has 35 heavy (non-hydrogen) atoms.